The maximum absolute atomic E-state index is 6.15. The molecule has 2 aromatic carbocycles. The van der Waals surface area contributed by atoms with Crippen molar-refractivity contribution in [1.29, 1.82) is 0 Å². The predicted molar refractivity (Wildman–Crippen MR) is 92.5 cm³/mol. The van der Waals surface area contributed by atoms with Gasteiger partial charge in [0.1, 0.15) is 0 Å². The highest BCUT2D eigenvalue weighted by Crippen LogP contribution is 2.32. The highest BCUT2D eigenvalue weighted by Gasteiger charge is 2.20. The van der Waals surface area contributed by atoms with Crippen LogP contribution in [0.3, 0.4) is 0 Å². The summed E-state index contributed by atoms with van der Waals surface area (Å²) in [6.07, 6.45) is 0. The fraction of sp³-hybridized carbons (Fsp3) is 0.294. The van der Waals surface area contributed by atoms with E-state index in [1.165, 1.54) is 11.3 Å². The number of benzene rings is 2. The van der Waals surface area contributed by atoms with Crippen LogP contribution in [0.2, 0.25) is 10.0 Å². The van der Waals surface area contributed by atoms with Crippen LogP contribution in [0.25, 0.3) is 0 Å². The second-order valence-corrected chi connectivity index (χ2v) is 5.81. The third kappa shape index (κ3) is 3.52. The van der Waals surface area contributed by atoms with Crippen LogP contribution in [0, 0.1) is 6.92 Å². The van der Waals surface area contributed by atoms with Crippen LogP contribution in [0.15, 0.2) is 42.5 Å². The number of hydrogen-bond acceptors (Lipinski definition) is 2. The van der Waals surface area contributed by atoms with Gasteiger partial charge in [0.15, 0.2) is 0 Å². The average Bonchev–Trinajstić information content (AvgIpc) is 2.49. The van der Waals surface area contributed by atoms with Gasteiger partial charge in [-0.3, -0.25) is 0 Å². The zero-order valence-electron chi connectivity index (χ0n) is 12.3. The van der Waals surface area contributed by atoms with Crippen LogP contribution in [-0.2, 0) is 0 Å². The molecule has 0 radical (unpaired) electrons. The van der Waals surface area contributed by atoms with E-state index >= 15 is 0 Å². The summed E-state index contributed by atoms with van der Waals surface area (Å²) in [4.78, 5) is 2.30. The van der Waals surface area contributed by atoms with Gasteiger partial charge in [-0.25, -0.2) is 0 Å². The zero-order chi connectivity index (χ0) is 15.4. The molecule has 0 heterocycles. The highest BCUT2D eigenvalue weighted by molar-refractivity contribution is 6.42. The lowest BCUT2D eigenvalue weighted by Crippen LogP contribution is -2.34. The normalized spacial score (nSPS) is 12.2. The topological polar surface area (TPSA) is 29.3 Å². The molecule has 21 heavy (non-hydrogen) atoms. The van der Waals surface area contributed by atoms with Crippen molar-refractivity contribution in [2.75, 3.05) is 18.0 Å². The van der Waals surface area contributed by atoms with Crippen LogP contribution >= 0.6 is 23.2 Å². The number of anilines is 1. The number of hydrogen-bond donors (Lipinski definition) is 1. The number of rotatable bonds is 5. The van der Waals surface area contributed by atoms with Crippen LogP contribution in [-0.4, -0.2) is 13.1 Å². The third-order valence-corrected chi connectivity index (χ3v) is 4.43. The van der Waals surface area contributed by atoms with Gasteiger partial charge < -0.3 is 10.6 Å². The Balaban J connectivity index is 2.42. The zero-order valence-corrected chi connectivity index (χ0v) is 13.8. The Hall–Kier alpha value is -1.22. The van der Waals surface area contributed by atoms with Crippen LogP contribution < -0.4 is 10.6 Å². The summed E-state index contributed by atoms with van der Waals surface area (Å²) in [7, 11) is 0. The van der Waals surface area contributed by atoms with Crippen molar-refractivity contribution >= 4 is 28.9 Å². The first-order chi connectivity index (χ1) is 10.1. The Morgan fingerprint density at radius 2 is 1.81 bits per heavy atom. The molecule has 2 nitrogen and oxygen atoms in total. The van der Waals surface area contributed by atoms with Crippen LogP contribution in [0.1, 0.15) is 24.1 Å². The summed E-state index contributed by atoms with van der Waals surface area (Å²) in [5.74, 6) is 0. The van der Waals surface area contributed by atoms with Crippen molar-refractivity contribution in [2.24, 2.45) is 5.73 Å². The molecule has 1 unspecified atom stereocenters. The van der Waals surface area contributed by atoms with Gasteiger partial charge in [-0.05, 0) is 43.2 Å². The lowest BCUT2D eigenvalue weighted by molar-refractivity contribution is 0.642. The van der Waals surface area contributed by atoms with E-state index in [0.717, 1.165) is 12.1 Å². The summed E-state index contributed by atoms with van der Waals surface area (Å²) < 4.78 is 0. The molecule has 0 aliphatic rings. The molecule has 0 aliphatic carbocycles. The van der Waals surface area contributed by atoms with Crippen LogP contribution in [0.5, 0.6) is 0 Å². The van der Waals surface area contributed by atoms with Gasteiger partial charge in [-0.15, -0.1) is 0 Å². The first-order valence-corrected chi connectivity index (χ1v) is 7.81. The molecule has 0 saturated heterocycles. The van der Waals surface area contributed by atoms with Gasteiger partial charge in [0, 0.05) is 18.8 Å². The molecular weight excluding hydrogens is 303 g/mol. The number of nitrogens with zero attached hydrogens (tertiary/aromatic N) is 1. The van der Waals surface area contributed by atoms with E-state index in [4.69, 9.17) is 28.9 Å². The summed E-state index contributed by atoms with van der Waals surface area (Å²) in [6, 6.07) is 14.1. The predicted octanol–water partition coefficient (Wildman–Crippen LogP) is 4.83. The fourth-order valence-electron chi connectivity index (χ4n) is 2.61. The minimum Gasteiger partial charge on any atom is -0.363 e. The average molecular weight is 323 g/mol. The summed E-state index contributed by atoms with van der Waals surface area (Å²) in [5.41, 5.74) is 9.55. The number of likely N-dealkylation sites (N-methyl/N-ethyl adjacent to an activating group) is 1. The monoisotopic (exact) mass is 322 g/mol. The Bertz CT molecular complexity index is 613. The highest BCUT2D eigenvalue weighted by atomic mass is 35.5. The van der Waals surface area contributed by atoms with Crippen LogP contribution in [0.4, 0.5) is 5.69 Å². The summed E-state index contributed by atoms with van der Waals surface area (Å²) in [5, 5.41) is 1.13. The van der Waals surface area contributed by atoms with Gasteiger partial charge in [0.05, 0.1) is 16.1 Å². The van der Waals surface area contributed by atoms with Gasteiger partial charge in [-0.2, -0.15) is 0 Å². The number of aryl methyl sites for hydroxylation is 1. The molecule has 1 atom stereocenters. The van der Waals surface area contributed by atoms with Gasteiger partial charge in [-0.1, -0.05) is 47.5 Å². The van der Waals surface area contributed by atoms with E-state index in [1.54, 1.807) is 0 Å². The number of nitrogens with two attached hydrogens (primary N) is 1. The molecule has 2 aromatic rings. The van der Waals surface area contributed by atoms with Crippen molar-refractivity contribution in [2.45, 2.75) is 19.9 Å². The molecule has 0 amide bonds. The first-order valence-electron chi connectivity index (χ1n) is 7.05. The Morgan fingerprint density at radius 3 is 2.38 bits per heavy atom. The SMILES string of the molecule is CCN(c1ccccc1C)C(CN)c1ccc(Cl)c(Cl)c1. The maximum Gasteiger partial charge on any atom is 0.0665 e. The second-order valence-electron chi connectivity index (χ2n) is 5.00. The van der Waals surface area contributed by atoms with Crippen molar-refractivity contribution in [3.05, 3.63) is 63.6 Å². The van der Waals surface area contributed by atoms with Crippen molar-refractivity contribution in [3.63, 3.8) is 0 Å². The molecule has 0 aromatic heterocycles. The number of para-hydroxylation sites is 1. The quantitative estimate of drug-likeness (QED) is 0.854. The molecule has 0 bridgehead atoms. The summed E-state index contributed by atoms with van der Waals surface area (Å²) >= 11 is 12.2. The van der Waals surface area contributed by atoms with Crippen molar-refractivity contribution in [1.82, 2.24) is 0 Å². The summed E-state index contributed by atoms with van der Waals surface area (Å²) in [6.45, 7) is 5.63. The van der Waals surface area contributed by atoms with Gasteiger partial charge >= 0.3 is 0 Å². The minimum absolute atomic E-state index is 0.0749. The molecule has 112 valence electrons. The molecule has 0 aliphatic heterocycles. The molecule has 2 rings (SSSR count). The minimum atomic E-state index is 0.0749. The second kappa shape index (κ2) is 7.17. The third-order valence-electron chi connectivity index (χ3n) is 3.69. The molecular formula is C17H20Cl2N2. The largest absolute Gasteiger partial charge is 0.363 e. The molecule has 2 N–H and O–H groups in total. The Labute approximate surface area is 136 Å². The van der Waals surface area contributed by atoms with E-state index in [2.05, 4.69) is 30.9 Å². The molecule has 4 heteroatoms. The van der Waals surface area contributed by atoms with Gasteiger partial charge in [0.25, 0.3) is 0 Å². The van der Waals surface area contributed by atoms with E-state index in [9.17, 15) is 0 Å². The molecule has 0 spiro atoms. The fourth-order valence-corrected chi connectivity index (χ4v) is 2.91. The molecule has 0 saturated carbocycles. The van der Waals surface area contributed by atoms with E-state index < -0.39 is 0 Å². The Kier molecular flexibility index (Phi) is 5.51. The number of halogens is 2. The maximum atomic E-state index is 6.15. The van der Waals surface area contributed by atoms with Crippen molar-refractivity contribution in [3.8, 4) is 0 Å². The van der Waals surface area contributed by atoms with E-state index in [-0.39, 0.29) is 6.04 Å². The first kappa shape index (κ1) is 16.2. The standard InChI is InChI=1S/C17H20Cl2N2/c1-3-21(16-7-5-4-6-12(16)2)17(11-20)13-8-9-14(18)15(19)10-13/h4-10,17H,3,11,20H2,1-2H3. The van der Waals surface area contributed by atoms with Crippen molar-refractivity contribution < 1.29 is 0 Å². The van der Waals surface area contributed by atoms with E-state index in [0.29, 0.717) is 16.6 Å². The Morgan fingerprint density at radius 1 is 1.10 bits per heavy atom. The molecule has 0 fully saturated rings. The lowest BCUT2D eigenvalue weighted by Gasteiger charge is -2.33. The van der Waals surface area contributed by atoms with E-state index in [1.807, 2.05) is 30.3 Å². The van der Waals surface area contributed by atoms with Gasteiger partial charge in [0.2, 0.25) is 0 Å². The smallest absolute Gasteiger partial charge is 0.0665 e. The lowest BCUT2D eigenvalue weighted by atomic mass is 10.0.